The van der Waals surface area contributed by atoms with Gasteiger partial charge in [-0.2, -0.15) is 0 Å². The zero-order valence-electron chi connectivity index (χ0n) is 18.5. The van der Waals surface area contributed by atoms with Crippen LogP contribution < -0.4 is 10.6 Å². The van der Waals surface area contributed by atoms with Gasteiger partial charge in [0, 0.05) is 25.6 Å². The van der Waals surface area contributed by atoms with Crippen molar-refractivity contribution in [1.82, 2.24) is 15.5 Å². The average Bonchev–Trinajstić information content (AvgIpc) is 3.30. The van der Waals surface area contributed by atoms with E-state index in [0.717, 1.165) is 25.7 Å². The molecule has 7 heteroatoms. The lowest BCUT2D eigenvalue weighted by Gasteiger charge is -2.37. The number of carbonyl (C=O) groups is 3. The van der Waals surface area contributed by atoms with Crippen molar-refractivity contribution in [3.8, 4) is 0 Å². The summed E-state index contributed by atoms with van der Waals surface area (Å²) in [6, 6.07) is 6.19. The Morgan fingerprint density at radius 2 is 1.71 bits per heavy atom. The topological polar surface area (TPSA) is 78.5 Å². The molecule has 1 unspecified atom stereocenters. The van der Waals surface area contributed by atoms with Crippen LogP contribution in [0.15, 0.2) is 24.3 Å². The van der Waals surface area contributed by atoms with Crippen LogP contribution in [0, 0.1) is 17.8 Å². The molecule has 1 aliphatic carbocycles. The number of benzene rings is 1. The first-order valence-corrected chi connectivity index (χ1v) is 11.9. The maximum atomic E-state index is 13.0. The number of amides is 3. The molecule has 0 aromatic heterocycles. The van der Waals surface area contributed by atoms with E-state index in [4.69, 9.17) is 11.6 Å². The second-order valence-corrected chi connectivity index (χ2v) is 9.62. The van der Waals surface area contributed by atoms with Crippen molar-refractivity contribution in [2.45, 2.75) is 58.4 Å². The molecule has 2 fully saturated rings. The van der Waals surface area contributed by atoms with Gasteiger partial charge in [-0.25, -0.2) is 0 Å². The van der Waals surface area contributed by atoms with Crippen molar-refractivity contribution in [3.63, 3.8) is 0 Å². The van der Waals surface area contributed by atoms with Gasteiger partial charge in [-0.15, -0.1) is 0 Å². The van der Waals surface area contributed by atoms with Crippen LogP contribution in [0.1, 0.15) is 62.7 Å². The van der Waals surface area contributed by atoms with Crippen LogP contribution in [-0.4, -0.2) is 48.3 Å². The quantitative estimate of drug-likeness (QED) is 0.669. The molecule has 1 aromatic carbocycles. The van der Waals surface area contributed by atoms with Gasteiger partial charge in [0.25, 0.3) is 5.91 Å². The van der Waals surface area contributed by atoms with Crippen LogP contribution in [0.5, 0.6) is 0 Å². The van der Waals surface area contributed by atoms with Gasteiger partial charge in [0.1, 0.15) is 6.04 Å². The summed E-state index contributed by atoms with van der Waals surface area (Å²) >= 11 is 6.18. The number of nitrogens with zero attached hydrogens (tertiary/aromatic N) is 1. The van der Waals surface area contributed by atoms with Gasteiger partial charge in [-0.1, -0.05) is 50.4 Å². The fraction of sp³-hybridized carbons (Fsp3) is 0.625. The highest BCUT2D eigenvalue weighted by Gasteiger charge is 2.36. The van der Waals surface area contributed by atoms with Gasteiger partial charge in [0.15, 0.2) is 0 Å². The monoisotopic (exact) mass is 447 g/mol. The first kappa shape index (κ1) is 23.6. The zero-order chi connectivity index (χ0) is 22.4. The summed E-state index contributed by atoms with van der Waals surface area (Å²) in [5, 5.41) is 6.25. The molecule has 3 amide bonds. The minimum atomic E-state index is -0.647. The number of piperidine rings is 1. The third kappa shape index (κ3) is 6.22. The van der Waals surface area contributed by atoms with Crippen molar-refractivity contribution in [3.05, 3.63) is 34.9 Å². The molecule has 0 radical (unpaired) electrons. The van der Waals surface area contributed by atoms with E-state index >= 15 is 0 Å². The molecule has 6 nitrogen and oxygen atoms in total. The average molecular weight is 448 g/mol. The maximum Gasteiger partial charge on any atom is 0.253 e. The van der Waals surface area contributed by atoms with Crippen LogP contribution in [0.3, 0.4) is 0 Å². The Labute approximate surface area is 190 Å². The Morgan fingerprint density at radius 1 is 1.06 bits per heavy atom. The van der Waals surface area contributed by atoms with E-state index in [1.807, 2.05) is 18.7 Å². The van der Waals surface area contributed by atoms with Crippen LogP contribution in [0.2, 0.25) is 5.02 Å². The summed E-state index contributed by atoms with van der Waals surface area (Å²) < 4.78 is 0. The van der Waals surface area contributed by atoms with E-state index in [9.17, 15) is 14.4 Å². The number of rotatable bonds is 7. The molecule has 2 aliphatic rings. The van der Waals surface area contributed by atoms with E-state index in [-0.39, 0.29) is 29.6 Å². The van der Waals surface area contributed by atoms with Crippen LogP contribution in [0.4, 0.5) is 0 Å². The smallest absolute Gasteiger partial charge is 0.253 e. The minimum absolute atomic E-state index is 0.0220. The highest BCUT2D eigenvalue weighted by molar-refractivity contribution is 6.33. The van der Waals surface area contributed by atoms with E-state index in [1.54, 1.807) is 24.3 Å². The third-order valence-electron chi connectivity index (χ3n) is 6.40. The van der Waals surface area contributed by atoms with E-state index < -0.39 is 6.04 Å². The molecular weight excluding hydrogens is 414 g/mol. The zero-order valence-corrected chi connectivity index (χ0v) is 19.3. The Bertz CT molecular complexity index is 784. The molecule has 2 N–H and O–H groups in total. The van der Waals surface area contributed by atoms with Gasteiger partial charge in [-0.05, 0) is 49.7 Å². The molecule has 0 bridgehead atoms. The standard InChI is InChI=1S/C24H34ClN3O3/c1-16(2)15-26-23(30)21(27-22(29)19-9-5-6-10-20(19)25)17-11-13-28(14-12-17)24(31)18-7-3-4-8-18/h5-6,9-10,16-18,21H,3-4,7-8,11-15H2,1-2H3,(H,26,30)(H,27,29). The molecule has 170 valence electrons. The van der Waals surface area contributed by atoms with Gasteiger partial charge >= 0.3 is 0 Å². The van der Waals surface area contributed by atoms with Gasteiger partial charge in [-0.3, -0.25) is 14.4 Å². The fourth-order valence-corrected chi connectivity index (χ4v) is 4.78. The van der Waals surface area contributed by atoms with Crippen molar-refractivity contribution in [2.75, 3.05) is 19.6 Å². The molecule has 31 heavy (non-hydrogen) atoms. The number of carbonyl (C=O) groups excluding carboxylic acids is 3. The fourth-order valence-electron chi connectivity index (χ4n) is 4.56. The van der Waals surface area contributed by atoms with Crippen LogP contribution in [-0.2, 0) is 9.59 Å². The number of nitrogens with one attached hydrogen (secondary N) is 2. The van der Waals surface area contributed by atoms with Gasteiger partial charge < -0.3 is 15.5 Å². The lowest BCUT2D eigenvalue weighted by molar-refractivity contribution is -0.137. The Morgan fingerprint density at radius 3 is 2.32 bits per heavy atom. The predicted molar refractivity (Wildman–Crippen MR) is 122 cm³/mol. The summed E-state index contributed by atoms with van der Waals surface area (Å²) in [7, 11) is 0. The molecular formula is C24H34ClN3O3. The van der Waals surface area contributed by atoms with E-state index in [1.165, 1.54) is 0 Å². The largest absolute Gasteiger partial charge is 0.354 e. The van der Waals surface area contributed by atoms with Crippen molar-refractivity contribution in [2.24, 2.45) is 17.8 Å². The second kappa shape index (κ2) is 11.0. The van der Waals surface area contributed by atoms with Crippen molar-refractivity contribution in [1.29, 1.82) is 0 Å². The Balaban J connectivity index is 1.66. The SMILES string of the molecule is CC(C)CNC(=O)C(NC(=O)c1ccccc1Cl)C1CCN(C(=O)C2CCCC2)CC1. The lowest BCUT2D eigenvalue weighted by Crippen LogP contribution is -2.54. The predicted octanol–water partition coefficient (Wildman–Crippen LogP) is 3.64. The van der Waals surface area contributed by atoms with Crippen molar-refractivity contribution < 1.29 is 14.4 Å². The van der Waals surface area contributed by atoms with Gasteiger partial charge in [0.05, 0.1) is 10.6 Å². The van der Waals surface area contributed by atoms with E-state index in [2.05, 4.69) is 10.6 Å². The minimum Gasteiger partial charge on any atom is -0.354 e. The summed E-state index contributed by atoms with van der Waals surface area (Å²) in [4.78, 5) is 40.6. The Kier molecular flexibility index (Phi) is 8.35. The first-order chi connectivity index (χ1) is 14.9. The molecule has 1 aromatic rings. The Hall–Kier alpha value is -2.08. The van der Waals surface area contributed by atoms with Crippen LogP contribution >= 0.6 is 11.6 Å². The molecule has 3 rings (SSSR count). The normalized spacial score (nSPS) is 18.8. The molecule has 1 atom stereocenters. The number of hydrogen-bond acceptors (Lipinski definition) is 3. The summed E-state index contributed by atoms with van der Waals surface area (Å²) in [6.45, 7) is 5.89. The highest BCUT2D eigenvalue weighted by atomic mass is 35.5. The lowest BCUT2D eigenvalue weighted by atomic mass is 9.87. The van der Waals surface area contributed by atoms with Gasteiger partial charge in [0.2, 0.25) is 11.8 Å². The summed E-state index contributed by atoms with van der Waals surface area (Å²) in [5.74, 6) is 0.203. The molecule has 1 aliphatic heterocycles. The third-order valence-corrected chi connectivity index (χ3v) is 6.73. The number of halogens is 1. The number of hydrogen-bond donors (Lipinski definition) is 2. The summed E-state index contributed by atoms with van der Waals surface area (Å²) in [6.07, 6.45) is 5.65. The number of likely N-dealkylation sites (tertiary alicyclic amines) is 1. The molecule has 1 saturated heterocycles. The molecule has 1 heterocycles. The highest BCUT2D eigenvalue weighted by Crippen LogP contribution is 2.29. The first-order valence-electron chi connectivity index (χ1n) is 11.5. The molecule has 0 spiro atoms. The maximum absolute atomic E-state index is 13.0. The second-order valence-electron chi connectivity index (χ2n) is 9.21. The van der Waals surface area contributed by atoms with E-state index in [0.29, 0.717) is 49.0 Å². The molecule has 1 saturated carbocycles. The summed E-state index contributed by atoms with van der Waals surface area (Å²) in [5.41, 5.74) is 0.361. The van der Waals surface area contributed by atoms with Crippen molar-refractivity contribution >= 4 is 29.3 Å². The van der Waals surface area contributed by atoms with Crippen LogP contribution in [0.25, 0.3) is 0 Å².